The highest BCUT2D eigenvalue weighted by atomic mass is 16.3. The van der Waals surface area contributed by atoms with Crippen LogP contribution in [0.2, 0.25) is 0 Å². The van der Waals surface area contributed by atoms with Crippen LogP contribution in [-0.2, 0) is 0 Å². The Hall–Kier alpha value is -0.800. The van der Waals surface area contributed by atoms with Gasteiger partial charge in [0.1, 0.15) is 5.76 Å². The largest absolute Gasteiger partial charge is 0.468 e. The third kappa shape index (κ3) is 2.78. The first kappa shape index (κ1) is 13.6. The second-order valence-electron chi connectivity index (χ2n) is 6.56. The Balaban J connectivity index is 2.10. The van der Waals surface area contributed by atoms with E-state index in [0.29, 0.717) is 23.5 Å². The summed E-state index contributed by atoms with van der Waals surface area (Å²) in [6.45, 7) is 13.5. The molecule has 1 aromatic rings. The standard InChI is InChI=1S/C15H26N2O/c1-11-9-16-14(15(3,4)5)10-17(11)12(2)13-7-6-8-18-13/h6-8,11-12,14,16H,9-10H2,1-5H3. The predicted molar refractivity (Wildman–Crippen MR) is 74.5 cm³/mol. The number of nitrogens with zero attached hydrogens (tertiary/aromatic N) is 1. The lowest BCUT2D eigenvalue weighted by atomic mass is 9.84. The fraction of sp³-hybridized carbons (Fsp3) is 0.733. The minimum Gasteiger partial charge on any atom is -0.468 e. The van der Waals surface area contributed by atoms with E-state index in [1.807, 2.05) is 6.07 Å². The molecule has 1 aliphatic heterocycles. The Morgan fingerprint density at radius 1 is 1.44 bits per heavy atom. The Labute approximate surface area is 111 Å². The van der Waals surface area contributed by atoms with E-state index in [1.165, 1.54) is 0 Å². The molecule has 0 radical (unpaired) electrons. The highest BCUT2D eigenvalue weighted by molar-refractivity contribution is 5.05. The second kappa shape index (κ2) is 5.06. The molecule has 3 unspecified atom stereocenters. The van der Waals surface area contributed by atoms with Crippen LogP contribution < -0.4 is 5.32 Å². The summed E-state index contributed by atoms with van der Waals surface area (Å²) in [5.41, 5.74) is 0.293. The summed E-state index contributed by atoms with van der Waals surface area (Å²) < 4.78 is 5.56. The summed E-state index contributed by atoms with van der Waals surface area (Å²) in [4.78, 5) is 2.55. The van der Waals surface area contributed by atoms with Gasteiger partial charge in [-0.25, -0.2) is 0 Å². The van der Waals surface area contributed by atoms with Crippen molar-refractivity contribution >= 4 is 0 Å². The maximum absolute atomic E-state index is 5.56. The van der Waals surface area contributed by atoms with Crippen LogP contribution in [0.5, 0.6) is 0 Å². The highest BCUT2D eigenvalue weighted by Gasteiger charge is 2.35. The molecular formula is C15H26N2O. The van der Waals surface area contributed by atoms with Crippen LogP contribution in [0, 0.1) is 5.41 Å². The van der Waals surface area contributed by atoms with E-state index >= 15 is 0 Å². The zero-order chi connectivity index (χ0) is 13.3. The van der Waals surface area contributed by atoms with Gasteiger partial charge in [0.05, 0.1) is 12.3 Å². The monoisotopic (exact) mass is 250 g/mol. The maximum Gasteiger partial charge on any atom is 0.120 e. The van der Waals surface area contributed by atoms with Gasteiger partial charge in [0, 0.05) is 25.2 Å². The van der Waals surface area contributed by atoms with Gasteiger partial charge in [-0.2, -0.15) is 0 Å². The summed E-state index contributed by atoms with van der Waals surface area (Å²) in [7, 11) is 0. The van der Waals surface area contributed by atoms with Gasteiger partial charge in [-0.3, -0.25) is 4.90 Å². The number of nitrogens with one attached hydrogen (secondary N) is 1. The first-order valence-electron chi connectivity index (χ1n) is 6.92. The van der Waals surface area contributed by atoms with Crippen LogP contribution in [-0.4, -0.2) is 30.1 Å². The molecular weight excluding hydrogens is 224 g/mol. The molecule has 2 rings (SSSR count). The lowest BCUT2D eigenvalue weighted by molar-refractivity contribution is 0.0551. The van der Waals surface area contributed by atoms with Gasteiger partial charge in [-0.15, -0.1) is 0 Å². The van der Waals surface area contributed by atoms with E-state index in [2.05, 4.69) is 50.9 Å². The molecule has 3 atom stereocenters. The zero-order valence-electron chi connectivity index (χ0n) is 12.2. The van der Waals surface area contributed by atoms with Crippen molar-refractivity contribution in [1.82, 2.24) is 10.2 Å². The Morgan fingerprint density at radius 3 is 2.72 bits per heavy atom. The summed E-state index contributed by atoms with van der Waals surface area (Å²) >= 11 is 0. The van der Waals surface area contributed by atoms with E-state index in [0.717, 1.165) is 18.8 Å². The van der Waals surface area contributed by atoms with E-state index in [-0.39, 0.29) is 0 Å². The van der Waals surface area contributed by atoms with Crippen LogP contribution in [0.3, 0.4) is 0 Å². The molecule has 2 heterocycles. The first-order valence-corrected chi connectivity index (χ1v) is 6.92. The summed E-state index contributed by atoms with van der Waals surface area (Å²) in [6, 6.07) is 5.47. The number of hydrogen-bond donors (Lipinski definition) is 1. The van der Waals surface area contributed by atoms with Gasteiger partial charge in [-0.05, 0) is 31.4 Å². The minimum absolute atomic E-state index is 0.293. The van der Waals surface area contributed by atoms with Crippen LogP contribution in [0.15, 0.2) is 22.8 Å². The van der Waals surface area contributed by atoms with E-state index in [1.54, 1.807) is 6.26 Å². The number of rotatable bonds is 2. The predicted octanol–water partition coefficient (Wildman–Crippen LogP) is 3.05. The maximum atomic E-state index is 5.56. The highest BCUT2D eigenvalue weighted by Crippen LogP contribution is 2.29. The first-order chi connectivity index (χ1) is 8.39. The van der Waals surface area contributed by atoms with Crippen molar-refractivity contribution in [2.75, 3.05) is 13.1 Å². The van der Waals surface area contributed by atoms with Crippen molar-refractivity contribution in [3.63, 3.8) is 0 Å². The summed E-state index contributed by atoms with van der Waals surface area (Å²) in [5.74, 6) is 1.07. The smallest absolute Gasteiger partial charge is 0.120 e. The second-order valence-corrected chi connectivity index (χ2v) is 6.56. The molecule has 1 aliphatic rings. The van der Waals surface area contributed by atoms with Crippen LogP contribution in [0.4, 0.5) is 0 Å². The molecule has 0 amide bonds. The van der Waals surface area contributed by atoms with Crippen LogP contribution in [0.25, 0.3) is 0 Å². The average Bonchev–Trinajstić information content (AvgIpc) is 2.80. The molecule has 3 heteroatoms. The third-order valence-corrected chi connectivity index (χ3v) is 4.12. The number of hydrogen-bond acceptors (Lipinski definition) is 3. The van der Waals surface area contributed by atoms with Crippen molar-refractivity contribution in [2.24, 2.45) is 5.41 Å². The third-order valence-electron chi connectivity index (χ3n) is 4.12. The van der Waals surface area contributed by atoms with Gasteiger partial charge < -0.3 is 9.73 Å². The van der Waals surface area contributed by atoms with Gasteiger partial charge in [0.2, 0.25) is 0 Å². The average molecular weight is 250 g/mol. The molecule has 1 fully saturated rings. The molecule has 0 spiro atoms. The summed E-state index contributed by atoms with van der Waals surface area (Å²) in [5, 5.41) is 3.67. The topological polar surface area (TPSA) is 28.4 Å². The minimum atomic E-state index is 0.293. The number of piperazine rings is 1. The van der Waals surface area contributed by atoms with Gasteiger partial charge in [0.25, 0.3) is 0 Å². The van der Waals surface area contributed by atoms with Crippen molar-refractivity contribution in [3.05, 3.63) is 24.2 Å². The van der Waals surface area contributed by atoms with Gasteiger partial charge >= 0.3 is 0 Å². The van der Waals surface area contributed by atoms with E-state index in [4.69, 9.17) is 4.42 Å². The Morgan fingerprint density at radius 2 is 2.17 bits per heavy atom. The lowest BCUT2D eigenvalue weighted by Crippen LogP contribution is -2.59. The molecule has 18 heavy (non-hydrogen) atoms. The van der Waals surface area contributed by atoms with Crippen molar-refractivity contribution < 1.29 is 4.42 Å². The van der Waals surface area contributed by atoms with Crippen molar-refractivity contribution in [3.8, 4) is 0 Å². The molecule has 0 bridgehead atoms. The molecule has 0 aromatic carbocycles. The van der Waals surface area contributed by atoms with Crippen molar-refractivity contribution in [1.29, 1.82) is 0 Å². The van der Waals surface area contributed by atoms with Crippen LogP contribution in [0.1, 0.15) is 46.4 Å². The van der Waals surface area contributed by atoms with Gasteiger partial charge in [-0.1, -0.05) is 20.8 Å². The normalized spacial score (nSPS) is 28.3. The molecule has 1 N–H and O–H groups in total. The number of furan rings is 1. The zero-order valence-corrected chi connectivity index (χ0v) is 12.2. The quantitative estimate of drug-likeness (QED) is 0.874. The van der Waals surface area contributed by atoms with Crippen LogP contribution >= 0.6 is 0 Å². The lowest BCUT2D eigenvalue weighted by Gasteiger charge is -2.46. The Kier molecular flexibility index (Phi) is 3.83. The molecule has 0 saturated carbocycles. The summed E-state index contributed by atoms with van der Waals surface area (Å²) in [6.07, 6.45) is 1.76. The SMILES string of the molecule is CC1CNC(C(C)(C)C)CN1C(C)c1ccco1. The fourth-order valence-corrected chi connectivity index (χ4v) is 2.70. The van der Waals surface area contributed by atoms with Crippen molar-refractivity contribution in [2.45, 2.75) is 52.7 Å². The van der Waals surface area contributed by atoms with E-state index < -0.39 is 0 Å². The molecule has 1 saturated heterocycles. The Bertz CT molecular complexity index is 366. The molecule has 1 aromatic heterocycles. The molecule has 102 valence electrons. The molecule has 0 aliphatic carbocycles. The van der Waals surface area contributed by atoms with Gasteiger partial charge in [0.15, 0.2) is 0 Å². The fourth-order valence-electron chi connectivity index (χ4n) is 2.70. The molecule has 3 nitrogen and oxygen atoms in total. The van der Waals surface area contributed by atoms with E-state index in [9.17, 15) is 0 Å².